The molecule has 1 aromatic carbocycles. The van der Waals surface area contributed by atoms with E-state index in [0.717, 1.165) is 48.2 Å². The van der Waals surface area contributed by atoms with Gasteiger partial charge in [0.25, 0.3) is 5.56 Å². The molecule has 1 fully saturated rings. The van der Waals surface area contributed by atoms with E-state index in [2.05, 4.69) is 49.0 Å². The fourth-order valence-corrected chi connectivity index (χ4v) is 4.51. The highest BCUT2D eigenvalue weighted by Gasteiger charge is 2.34. The molecule has 4 aromatic rings. The van der Waals surface area contributed by atoms with E-state index in [9.17, 15) is 18.0 Å². The summed E-state index contributed by atoms with van der Waals surface area (Å²) in [6.45, 7) is 5.05. The molecule has 0 spiro atoms. The van der Waals surface area contributed by atoms with Crippen LogP contribution in [0.5, 0.6) is 0 Å². The number of hydrogen-bond acceptors (Lipinski definition) is 7. The first-order chi connectivity index (χ1) is 18.7. The molecule has 5 rings (SSSR count). The summed E-state index contributed by atoms with van der Waals surface area (Å²) in [5, 5.41) is 3.60. The molecule has 0 atom stereocenters. The minimum Gasteiger partial charge on any atom is -0.369 e. The summed E-state index contributed by atoms with van der Waals surface area (Å²) in [5.74, 6) is 5.60. The smallest absolute Gasteiger partial charge is 0.369 e. The summed E-state index contributed by atoms with van der Waals surface area (Å²) in [5.41, 5.74) is 0.399. The maximum Gasteiger partial charge on any atom is 0.418 e. The molecule has 0 aliphatic carbocycles. The average molecular weight is 534 g/mol. The van der Waals surface area contributed by atoms with E-state index in [4.69, 9.17) is 0 Å². The van der Waals surface area contributed by atoms with Crippen molar-refractivity contribution in [2.45, 2.75) is 19.6 Å². The van der Waals surface area contributed by atoms with Crippen LogP contribution in [0.3, 0.4) is 0 Å². The van der Waals surface area contributed by atoms with E-state index in [-0.39, 0.29) is 22.9 Å². The van der Waals surface area contributed by atoms with Crippen molar-refractivity contribution in [2.75, 3.05) is 43.4 Å². The Morgan fingerprint density at radius 3 is 2.49 bits per heavy atom. The zero-order valence-corrected chi connectivity index (χ0v) is 21.5. The van der Waals surface area contributed by atoms with Gasteiger partial charge in [0.1, 0.15) is 5.65 Å². The highest BCUT2D eigenvalue weighted by Crippen LogP contribution is 2.31. The van der Waals surface area contributed by atoms with Crippen molar-refractivity contribution >= 4 is 28.4 Å². The summed E-state index contributed by atoms with van der Waals surface area (Å²) in [7, 11) is 2.11. The Balaban J connectivity index is 1.49. The second-order valence-corrected chi connectivity index (χ2v) is 9.25. The van der Waals surface area contributed by atoms with Crippen molar-refractivity contribution in [3.8, 4) is 11.8 Å². The van der Waals surface area contributed by atoms with Crippen LogP contribution < -0.4 is 15.8 Å². The standard InChI is InChI=1S/C28H26F3N7O/c1-3-5-19-16-20-17-33-27(34-21-7-9-22(10-8-21)37-14-12-36(2)13-15-37)35-25(20)38(26(19)39)18-24-23(28(29,30)31)6-4-11-32-24/h4,6-11,16-17H,12-15,18H2,1-2H3,(H,33,34,35). The van der Waals surface area contributed by atoms with Crippen LogP contribution >= 0.6 is 0 Å². The summed E-state index contributed by atoms with van der Waals surface area (Å²) < 4.78 is 42.1. The van der Waals surface area contributed by atoms with E-state index in [1.165, 1.54) is 18.5 Å². The molecule has 3 aromatic heterocycles. The van der Waals surface area contributed by atoms with E-state index < -0.39 is 23.8 Å². The third-order valence-electron chi connectivity index (χ3n) is 6.58. The lowest BCUT2D eigenvalue weighted by molar-refractivity contribution is -0.138. The molecular weight excluding hydrogens is 507 g/mol. The largest absolute Gasteiger partial charge is 0.418 e. The first-order valence-electron chi connectivity index (χ1n) is 12.4. The van der Waals surface area contributed by atoms with Gasteiger partial charge in [0, 0.05) is 55.3 Å². The molecule has 0 amide bonds. The predicted molar refractivity (Wildman–Crippen MR) is 144 cm³/mol. The molecule has 200 valence electrons. The average Bonchev–Trinajstić information content (AvgIpc) is 2.92. The second kappa shape index (κ2) is 10.7. The lowest BCUT2D eigenvalue weighted by Crippen LogP contribution is -2.44. The maximum absolute atomic E-state index is 13.6. The van der Waals surface area contributed by atoms with Gasteiger partial charge in [0.15, 0.2) is 0 Å². The summed E-state index contributed by atoms with van der Waals surface area (Å²) >= 11 is 0. The Morgan fingerprint density at radius 1 is 1.05 bits per heavy atom. The minimum absolute atomic E-state index is 0.137. The first kappa shape index (κ1) is 26.2. The number of anilines is 3. The molecule has 1 aliphatic rings. The van der Waals surface area contributed by atoms with Gasteiger partial charge in [0.2, 0.25) is 5.95 Å². The first-order valence-corrected chi connectivity index (χ1v) is 12.4. The van der Waals surface area contributed by atoms with Crippen LogP contribution in [0.15, 0.2) is 59.7 Å². The molecule has 1 N–H and O–H groups in total. The number of hydrogen-bond donors (Lipinski definition) is 1. The molecule has 4 heterocycles. The Labute approximate surface area is 223 Å². The number of halogens is 3. The molecule has 1 aliphatic heterocycles. The van der Waals surface area contributed by atoms with Crippen molar-refractivity contribution < 1.29 is 13.2 Å². The lowest BCUT2D eigenvalue weighted by Gasteiger charge is -2.34. The van der Waals surface area contributed by atoms with Gasteiger partial charge in [-0.2, -0.15) is 18.2 Å². The highest BCUT2D eigenvalue weighted by molar-refractivity contribution is 5.77. The second-order valence-electron chi connectivity index (χ2n) is 9.25. The molecular formula is C28H26F3N7O. The van der Waals surface area contributed by atoms with Gasteiger partial charge < -0.3 is 15.1 Å². The molecule has 8 nitrogen and oxygen atoms in total. The summed E-state index contributed by atoms with van der Waals surface area (Å²) in [6, 6.07) is 11.6. The molecule has 39 heavy (non-hydrogen) atoms. The van der Waals surface area contributed by atoms with E-state index in [1.807, 2.05) is 24.3 Å². The topological polar surface area (TPSA) is 79.2 Å². The maximum atomic E-state index is 13.6. The number of likely N-dealkylation sites (N-methyl/N-ethyl adjacent to an activating group) is 1. The van der Waals surface area contributed by atoms with E-state index >= 15 is 0 Å². The van der Waals surface area contributed by atoms with Crippen molar-refractivity contribution in [2.24, 2.45) is 0 Å². The van der Waals surface area contributed by atoms with Crippen LogP contribution in [-0.4, -0.2) is 57.6 Å². The van der Waals surface area contributed by atoms with Crippen molar-refractivity contribution in [3.63, 3.8) is 0 Å². The number of piperazine rings is 1. The van der Waals surface area contributed by atoms with Gasteiger partial charge in [-0.25, -0.2) is 4.98 Å². The fraction of sp³-hybridized carbons (Fsp3) is 0.286. The molecule has 0 saturated carbocycles. The van der Waals surface area contributed by atoms with Crippen molar-refractivity contribution in [1.29, 1.82) is 0 Å². The fourth-order valence-electron chi connectivity index (χ4n) is 4.51. The van der Waals surface area contributed by atoms with Gasteiger partial charge in [0.05, 0.1) is 23.4 Å². The van der Waals surface area contributed by atoms with Crippen LogP contribution in [0, 0.1) is 11.8 Å². The van der Waals surface area contributed by atoms with Gasteiger partial charge in [-0.15, -0.1) is 5.92 Å². The van der Waals surface area contributed by atoms with Gasteiger partial charge in [-0.3, -0.25) is 14.3 Å². The molecule has 0 bridgehead atoms. The quantitative estimate of drug-likeness (QED) is 0.387. The van der Waals surface area contributed by atoms with Crippen LogP contribution in [0.4, 0.5) is 30.5 Å². The number of benzene rings is 1. The Bertz CT molecular complexity index is 1610. The Kier molecular flexibility index (Phi) is 7.21. The van der Waals surface area contributed by atoms with Crippen LogP contribution in [-0.2, 0) is 12.7 Å². The van der Waals surface area contributed by atoms with Crippen LogP contribution in [0.2, 0.25) is 0 Å². The highest BCUT2D eigenvalue weighted by atomic mass is 19.4. The van der Waals surface area contributed by atoms with Gasteiger partial charge in [-0.05, 0) is 56.4 Å². The van der Waals surface area contributed by atoms with Crippen LogP contribution in [0.25, 0.3) is 11.0 Å². The SMILES string of the molecule is CC#Cc1cc2cnc(Nc3ccc(N4CCN(C)CC4)cc3)nc2n(Cc2ncccc2C(F)(F)F)c1=O. The van der Waals surface area contributed by atoms with Crippen molar-refractivity contribution in [1.82, 2.24) is 24.4 Å². The third kappa shape index (κ3) is 5.71. The molecule has 0 unspecified atom stereocenters. The van der Waals surface area contributed by atoms with E-state index in [1.54, 1.807) is 13.0 Å². The number of nitrogens with zero attached hydrogens (tertiary/aromatic N) is 6. The van der Waals surface area contributed by atoms with Gasteiger partial charge in [-0.1, -0.05) is 5.92 Å². The summed E-state index contributed by atoms with van der Waals surface area (Å²) in [6.07, 6.45) is -1.84. The zero-order valence-electron chi connectivity index (χ0n) is 21.5. The monoisotopic (exact) mass is 533 g/mol. The van der Waals surface area contributed by atoms with Crippen molar-refractivity contribution in [3.05, 3.63) is 82.0 Å². The number of aromatic nitrogens is 4. The lowest BCUT2D eigenvalue weighted by atomic mass is 10.1. The molecule has 0 radical (unpaired) electrons. The number of fused-ring (bicyclic) bond motifs is 1. The molecule has 1 saturated heterocycles. The number of nitrogens with one attached hydrogen (secondary N) is 1. The minimum atomic E-state index is -4.62. The predicted octanol–water partition coefficient (Wildman–Crippen LogP) is 4.12. The van der Waals surface area contributed by atoms with Crippen LogP contribution in [0.1, 0.15) is 23.7 Å². The Morgan fingerprint density at radius 2 is 1.79 bits per heavy atom. The third-order valence-corrected chi connectivity index (χ3v) is 6.58. The Hall–Kier alpha value is -4.43. The zero-order chi connectivity index (χ0) is 27.6. The van der Waals surface area contributed by atoms with Gasteiger partial charge >= 0.3 is 6.18 Å². The van der Waals surface area contributed by atoms with E-state index in [0.29, 0.717) is 5.39 Å². The number of alkyl halides is 3. The molecule has 11 heteroatoms. The summed E-state index contributed by atoms with van der Waals surface area (Å²) in [4.78, 5) is 30.7. The number of rotatable bonds is 5. The number of pyridine rings is 2. The normalized spacial score (nSPS) is 14.2.